The van der Waals surface area contributed by atoms with Crippen LogP contribution < -0.4 is 10.2 Å². The van der Waals surface area contributed by atoms with E-state index in [4.69, 9.17) is 0 Å². The molecular weight excluding hydrogens is 375 g/mol. The molecule has 0 radical (unpaired) electrons. The van der Waals surface area contributed by atoms with Gasteiger partial charge in [-0.3, -0.25) is 9.59 Å². The standard InChI is InChI=1S/C13H13IN2O2S/c1-9-8-19-13(18)16(9)7-6-12(17)15-11-4-2-10(14)3-5-11/h2-5,8H,6-7H2,1H3,(H,15,17). The summed E-state index contributed by atoms with van der Waals surface area (Å²) < 4.78 is 2.74. The zero-order valence-electron chi connectivity index (χ0n) is 10.4. The van der Waals surface area contributed by atoms with Crippen molar-refractivity contribution in [3.8, 4) is 0 Å². The van der Waals surface area contributed by atoms with Crippen molar-refractivity contribution >= 4 is 45.5 Å². The van der Waals surface area contributed by atoms with Crippen molar-refractivity contribution in [3.63, 3.8) is 0 Å². The molecule has 100 valence electrons. The molecule has 0 aliphatic carbocycles. The normalized spacial score (nSPS) is 10.4. The molecule has 19 heavy (non-hydrogen) atoms. The molecular formula is C13H13IN2O2S. The van der Waals surface area contributed by atoms with Crippen LogP contribution in [0.3, 0.4) is 0 Å². The fourth-order valence-electron chi connectivity index (χ4n) is 1.64. The number of rotatable bonds is 4. The van der Waals surface area contributed by atoms with Crippen molar-refractivity contribution in [2.24, 2.45) is 0 Å². The monoisotopic (exact) mass is 388 g/mol. The minimum Gasteiger partial charge on any atom is -0.326 e. The van der Waals surface area contributed by atoms with E-state index >= 15 is 0 Å². The van der Waals surface area contributed by atoms with Gasteiger partial charge in [0.15, 0.2) is 0 Å². The van der Waals surface area contributed by atoms with E-state index in [2.05, 4.69) is 27.9 Å². The fourth-order valence-corrected chi connectivity index (χ4v) is 2.77. The van der Waals surface area contributed by atoms with E-state index in [-0.39, 0.29) is 10.8 Å². The van der Waals surface area contributed by atoms with Crippen molar-refractivity contribution in [2.45, 2.75) is 19.9 Å². The first-order valence-electron chi connectivity index (χ1n) is 5.76. The van der Waals surface area contributed by atoms with Crippen molar-refractivity contribution < 1.29 is 4.79 Å². The Bertz CT molecular complexity index is 631. The second-order valence-electron chi connectivity index (χ2n) is 4.10. The molecule has 0 bridgehead atoms. The highest BCUT2D eigenvalue weighted by Gasteiger charge is 2.06. The van der Waals surface area contributed by atoms with Gasteiger partial charge in [0.1, 0.15) is 0 Å². The number of amides is 1. The van der Waals surface area contributed by atoms with Crippen LogP contribution in [0.2, 0.25) is 0 Å². The number of benzene rings is 1. The summed E-state index contributed by atoms with van der Waals surface area (Å²) in [4.78, 5) is 23.3. The minimum atomic E-state index is -0.0845. The number of carbonyl (C=O) groups excluding carboxylic acids is 1. The Morgan fingerprint density at radius 2 is 2.05 bits per heavy atom. The number of halogens is 1. The zero-order valence-corrected chi connectivity index (χ0v) is 13.3. The van der Waals surface area contributed by atoms with Crippen molar-refractivity contribution in [3.05, 3.63) is 48.6 Å². The maximum Gasteiger partial charge on any atom is 0.307 e. The van der Waals surface area contributed by atoms with Crippen LogP contribution in [0.25, 0.3) is 0 Å². The van der Waals surface area contributed by atoms with E-state index in [1.807, 2.05) is 31.2 Å². The molecule has 0 unspecified atom stereocenters. The third kappa shape index (κ3) is 3.90. The molecule has 0 fully saturated rings. The average molecular weight is 388 g/mol. The minimum absolute atomic E-state index is 0.0143. The molecule has 1 aromatic carbocycles. The number of nitrogens with one attached hydrogen (secondary N) is 1. The summed E-state index contributed by atoms with van der Waals surface area (Å²) in [5.41, 5.74) is 1.68. The lowest BCUT2D eigenvalue weighted by Crippen LogP contribution is -2.20. The van der Waals surface area contributed by atoms with Gasteiger partial charge in [0, 0.05) is 33.3 Å². The molecule has 6 heteroatoms. The van der Waals surface area contributed by atoms with Crippen molar-refractivity contribution in [2.75, 3.05) is 5.32 Å². The summed E-state index contributed by atoms with van der Waals surface area (Å²) >= 11 is 3.37. The molecule has 1 aromatic heterocycles. The van der Waals surface area contributed by atoms with Gasteiger partial charge in [0.2, 0.25) is 5.91 Å². The van der Waals surface area contributed by atoms with Crippen LogP contribution in [0.5, 0.6) is 0 Å². The predicted molar refractivity (Wildman–Crippen MR) is 85.7 cm³/mol. The van der Waals surface area contributed by atoms with Gasteiger partial charge in [-0.1, -0.05) is 11.3 Å². The summed E-state index contributed by atoms with van der Waals surface area (Å²) in [6.45, 7) is 2.29. The summed E-state index contributed by atoms with van der Waals surface area (Å²) in [5.74, 6) is -0.0845. The third-order valence-electron chi connectivity index (χ3n) is 2.67. The van der Waals surface area contributed by atoms with Crippen LogP contribution in [0.1, 0.15) is 12.1 Å². The largest absolute Gasteiger partial charge is 0.326 e. The molecule has 0 aliphatic rings. The van der Waals surface area contributed by atoms with Crippen LogP contribution in [0.15, 0.2) is 34.4 Å². The Balaban J connectivity index is 1.92. The van der Waals surface area contributed by atoms with Crippen LogP contribution >= 0.6 is 33.9 Å². The first kappa shape index (κ1) is 14.3. The van der Waals surface area contributed by atoms with Gasteiger partial charge in [0.25, 0.3) is 0 Å². The first-order valence-corrected chi connectivity index (χ1v) is 7.72. The number of hydrogen-bond acceptors (Lipinski definition) is 3. The number of carbonyl (C=O) groups is 1. The van der Waals surface area contributed by atoms with Crippen LogP contribution in [-0.2, 0) is 11.3 Å². The highest BCUT2D eigenvalue weighted by Crippen LogP contribution is 2.11. The summed E-state index contributed by atoms with van der Waals surface area (Å²) in [5, 5.41) is 4.62. The van der Waals surface area contributed by atoms with E-state index in [0.717, 1.165) is 26.3 Å². The molecule has 1 N–H and O–H groups in total. The smallest absolute Gasteiger partial charge is 0.307 e. The van der Waals surface area contributed by atoms with Crippen molar-refractivity contribution in [1.29, 1.82) is 0 Å². The van der Waals surface area contributed by atoms with E-state index in [0.29, 0.717) is 13.0 Å². The van der Waals surface area contributed by atoms with Crippen LogP contribution in [-0.4, -0.2) is 10.5 Å². The van der Waals surface area contributed by atoms with Gasteiger partial charge in [-0.05, 0) is 53.8 Å². The second kappa shape index (κ2) is 6.33. The number of thiazole rings is 1. The summed E-state index contributed by atoms with van der Waals surface area (Å²) in [6.07, 6.45) is 0.295. The number of aryl methyl sites for hydroxylation is 1. The summed E-state index contributed by atoms with van der Waals surface area (Å²) in [6, 6.07) is 7.59. The molecule has 4 nitrogen and oxygen atoms in total. The Morgan fingerprint density at radius 1 is 1.37 bits per heavy atom. The number of hydrogen-bond donors (Lipinski definition) is 1. The maximum atomic E-state index is 11.8. The number of aromatic nitrogens is 1. The third-order valence-corrected chi connectivity index (χ3v) is 4.27. The molecule has 2 aromatic rings. The Morgan fingerprint density at radius 3 is 2.63 bits per heavy atom. The van der Waals surface area contributed by atoms with Gasteiger partial charge in [-0.25, -0.2) is 0 Å². The molecule has 2 rings (SSSR count). The molecule has 0 spiro atoms. The van der Waals surface area contributed by atoms with E-state index in [1.165, 1.54) is 0 Å². The van der Waals surface area contributed by atoms with Gasteiger partial charge in [-0.15, -0.1) is 0 Å². The molecule has 0 saturated heterocycles. The molecule has 0 aliphatic heterocycles. The Kier molecular flexibility index (Phi) is 4.76. The molecule has 0 atom stereocenters. The second-order valence-corrected chi connectivity index (χ2v) is 6.17. The fraction of sp³-hybridized carbons (Fsp3) is 0.231. The van der Waals surface area contributed by atoms with Crippen LogP contribution in [0, 0.1) is 10.5 Å². The van der Waals surface area contributed by atoms with Gasteiger partial charge in [-0.2, -0.15) is 0 Å². The molecule has 0 saturated carbocycles. The highest BCUT2D eigenvalue weighted by atomic mass is 127. The number of anilines is 1. The predicted octanol–water partition coefficient (Wildman–Crippen LogP) is 2.85. The average Bonchev–Trinajstić information content (AvgIpc) is 2.70. The first-order chi connectivity index (χ1) is 9.06. The quantitative estimate of drug-likeness (QED) is 0.820. The topological polar surface area (TPSA) is 51.1 Å². The van der Waals surface area contributed by atoms with Crippen LogP contribution in [0.4, 0.5) is 5.69 Å². The lowest BCUT2D eigenvalue weighted by atomic mass is 10.3. The van der Waals surface area contributed by atoms with E-state index < -0.39 is 0 Å². The lowest BCUT2D eigenvalue weighted by Gasteiger charge is -2.06. The highest BCUT2D eigenvalue weighted by molar-refractivity contribution is 14.1. The maximum absolute atomic E-state index is 11.8. The Hall–Kier alpha value is -1.15. The van der Waals surface area contributed by atoms with Crippen molar-refractivity contribution in [1.82, 2.24) is 4.57 Å². The summed E-state index contributed by atoms with van der Waals surface area (Å²) in [7, 11) is 0. The number of nitrogens with zero attached hydrogens (tertiary/aromatic N) is 1. The molecule has 1 amide bonds. The van der Waals surface area contributed by atoms with Gasteiger partial charge in [0.05, 0.1) is 0 Å². The SMILES string of the molecule is Cc1csc(=O)n1CCC(=O)Nc1ccc(I)cc1. The van der Waals surface area contributed by atoms with Gasteiger partial charge < -0.3 is 9.88 Å². The molecule has 1 heterocycles. The van der Waals surface area contributed by atoms with E-state index in [9.17, 15) is 9.59 Å². The zero-order chi connectivity index (χ0) is 13.8. The van der Waals surface area contributed by atoms with E-state index in [1.54, 1.807) is 9.95 Å². The lowest BCUT2D eigenvalue weighted by molar-refractivity contribution is -0.116. The Labute approximate surface area is 128 Å². The van der Waals surface area contributed by atoms with Gasteiger partial charge >= 0.3 is 4.87 Å².